The molecule has 0 bridgehead atoms. The molecule has 0 aromatic carbocycles. The normalized spacial score (nSPS) is 11.9. The van der Waals surface area contributed by atoms with Crippen molar-refractivity contribution < 1.29 is 7.67 Å². The summed E-state index contributed by atoms with van der Waals surface area (Å²) >= 11 is -3.57. The van der Waals surface area contributed by atoms with Gasteiger partial charge in [0, 0.05) is 0 Å². The maximum absolute atomic E-state index is 12.2. The fourth-order valence-electron chi connectivity index (χ4n) is 3.72. The Bertz CT molecular complexity index is 346. The van der Waals surface area contributed by atoms with Gasteiger partial charge in [-0.15, -0.1) is 0 Å². The zero-order chi connectivity index (χ0) is 20.1. The molecule has 0 unspecified atom stereocenters. The maximum atomic E-state index is 12.2. The Morgan fingerprint density at radius 3 is 0.852 bits per heavy atom. The van der Waals surface area contributed by atoms with E-state index in [0.717, 1.165) is 25.7 Å². The second-order valence-corrected chi connectivity index (χ2v) is 13.3. The van der Waals surface area contributed by atoms with E-state index in [9.17, 15) is 7.67 Å². The van der Waals surface area contributed by atoms with E-state index in [1.807, 2.05) is 0 Å². The van der Waals surface area contributed by atoms with Crippen LogP contribution in [0.2, 0.25) is 10.6 Å². The molecule has 0 aliphatic rings. The molecule has 0 aromatic rings. The predicted octanol–water partition coefficient (Wildman–Crippen LogP) is 9.13. The molecular formula is C24H50O2Se. The molecule has 0 fully saturated rings. The van der Waals surface area contributed by atoms with Gasteiger partial charge in [0.25, 0.3) is 0 Å². The number of unbranched alkanes of at least 4 members (excludes halogenated alkanes) is 18. The predicted molar refractivity (Wildman–Crippen MR) is 120 cm³/mol. The van der Waals surface area contributed by atoms with Crippen LogP contribution < -0.4 is 0 Å². The molecule has 164 valence electrons. The molecule has 0 spiro atoms. The summed E-state index contributed by atoms with van der Waals surface area (Å²) in [4.78, 5) is 0. The van der Waals surface area contributed by atoms with Crippen LogP contribution in [0.3, 0.4) is 0 Å². The van der Waals surface area contributed by atoms with E-state index < -0.39 is 12.7 Å². The van der Waals surface area contributed by atoms with Gasteiger partial charge in [-0.2, -0.15) is 0 Å². The van der Waals surface area contributed by atoms with Crippen molar-refractivity contribution in [3.05, 3.63) is 0 Å². The Labute approximate surface area is 173 Å². The Balaban J connectivity index is 3.34. The molecule has 0 amide bonds. The molecule has 2 nitrogen and oxygen atoms in total. The van der Waals surface area contributed by atoms with E-state index in [2.05, 4.69) is 13.8 Å². The van der Waals surface area contributed by atoms with Crippen molar-refractivity contribution >= 4 is 12.7 Å². The number of rotatable bonds is 22. The van der Waals surface area contributed by atoms with Crippen LogP contribution in [0.25, 0.3) is 0 Å². The van der Waals surface area contributed by atoms with Crippen LogP contribution in [0.1, 0.15) is 142 Å². The first kappa shape index (κ1) is 27.1. The van der Waals surface area contributed by atoms with Gasteiger partial charge in [-0.05, 0) is 0 Å². The van der Waals surface area contributed by atoms with Gasteiger partial charge in [0.1, 0.15) is 0 Å². The molecule has 0 heterocycles. The summed E-state index contributed by atoms with van der Waals surface area (Å²) in [5, 5.41) is 0.981. The van der Waals surface area contributed by atoms with E-state index in [-0.39, 0.29) is 0 Å². The van der Waals surface area contributed by atoms with Gasteiger partial charge in [-0.3, -0.25) is 0 Å². The van der Waals surface area contributed by atoms with Crippen LogP contribution in [0.5, 0.6) is 0 Å². The molecule has 27 heavy (non-hydrogen) atoms. The zero-order valence-electron chi connectivity index (χ0n) is 18.8. The summed E-state index contributed by atoms with van der Waals surface area (Å²) in [6, 6.07) is 0. The summed E-state index contributed by atoms with van der Waals surface area (Å²) < 4.78 is 24.3. The van der Waals surface area contributed by atoms with Crippen LogP contribution in [-0.2, 0) is 7.67 Å². The quantitative estimate of drug-likeness (QED) is 0.122. The summed E-state index contributed by atoms with van der Waals surface area (Å²) in [7, 11) is 0. The van der Waals surface area contributed by atoms with Crippen molar-refractivity contribution in [1.29, 1.82) is 0 Å². The molecular weight excluding hydrogens is 399 g/mol. The third kappa shape index (κ3) is 22.3. The van der Waals surface area contributed by atoms with Gasteiger partial charge in [-0.1, -0.05) is 0 Å². The van der Waals surface area contributed by atoms with Crippen molar-refractivity contribution in [1.82, 2.24) is 0 Å². The van der Waals surface area contributed by atoms with Gasteiger partial charge in [0.15, 0.2) is 0 Å². The van der Waals surface area contributed by atoms with E-state index in [1.165, 1.54) is 103 Å². The van der Waals surface area contributed by atoms with Crippen molar-refractivity contribution in [3.63, 3.8) is 0 Å². The van der Waals surface area contributed by atoms with E-state index >= 15 is 0 Å². The second kappa shape index (κ2) is 20.8. The van der Waals surface area contributed by atoms with Gasteiger partial charge in [0.05, 0.1) is 0 Å². The first-order valence-corrected chi connectivity index (χ1v) is 16.1. The van der Waals surface area contributed by atoms with Gasteiger partial charge in [0.2, 0.25) is 0 Å². The van der Waals surface area contributed by atoms with Crippen molar-refractivity contribution in [2.24, 2.45) is 0 Å². The molecule has 3 heteroatoms. The summed E-state index contributed by atoms with van der Waals surface area (Å²) in [6.07, 6.45) is 25.3. The summed E-state index contributed by atoms with van der Waals surface area (Å²) in [5.41, 5.74) is 0. The average molecular weight is 450 g/mol. The Morgan fingerprint density at radius 1 is 0.370 bits per heavy atom. The van der Waals surface area contributed by atoms with Gasteiger partial charge in [-0.25, -0.2) is 0 Å². The zero-order valence-corrected chi connectivity index (χ0v) is 20.5. The SMILES string of the molecule is CCCCCCCCCCCC[Se](=O)(=O)CCCCCCCCCCCC. The molecule has 0 rings (SSSR count). The Kier molecular flexibility index (Phi) is 20.9. The first-order chi connectivity index (χ1) is 13.1. The molecule has 0 aliphatic carbocycles. The standard InChI is InChI=1S/C24H50O2Se/c1-3-5-7-9-11-13-15-17-19-21-23-27(25,26)24-22-20-18-16-14-12-10-8-6-4-2/h3-24H2,1-2H3. The molecule has 0 saturated carbocycles. The molecule has 0 aromatic heterocycles. The van der Waals surface area contributed by atoms with E-state index in [4.69, 9.17) is 0 Å². The van der Waals surface area contributed by atoms with Crippen LogP contribution >= 0.6 is 0 Å². The minimum absolute atomic E-state index is 0.491. The van der Waals surface area contributed by atoms with Gasteiger partial charge >= 0.3 is 173 Å². The molecule has 0 radical (unpaired) electrons. The van der Waals surface area contributed by atoms with E-state index in [0.29, 0.717) is 10.6 Å². The van der Waals surface area contributed by atoms with Crippen molar-refractivity contribution in [2.45, 2.75) is 153 Å². The van der Waals surface area contributed by atoms with E-state index in [1.54, 1.807) is 0 Å². The monoisotopic (exact) mass is 450 g/mol. The number of hydrogen-bond donors (Lipinski definition) is 0. The fraction of sp³-hybridized carbons (Fsp3) is 1.00. The number of hydrogen-bond acceptors (Lipinski definition) is 2. The van der Waals surface area contributed by atoms with Crippen molar-refractivity contribution in [3.8, 4) is 0 Å². The summed E-state index contributed by atoms with van der Waals surface area (Å²) in [6.45, 7) is 4.51. The fourth-order valence-corrected chi connectivity index (χ4v) is 6.85. The van der Waals surface area contributed by atoms with Gasteiger partial charge < -0.3 is 0 Å². The molecule has 0 atom stereocenters. The Hall–Kier alpha value is 0.119. The van der Waals surface area contributed by atoms with Crippen LogP contribution in [0, 0.1) is 0 Å². The van der Waals surface area contributed by atoms with Crippen LogP contribution in [-0.4, -0.2) is 12.7 Å². The molecule has 0 N–H and O–H groups in total. The summed E-state index contributed by atoms with van der Waals surface area (Å²) in [5.74, 6) is 0. The molecule has 0 aliphatic heterocycles. The molecule has 0 saturated heterocycles. The second-order valence-electron chi connectivity index (χ2n) is 8.52. The van der Waals surface area contributed by atoms with Crippen molar-refractivity contribution in [2.75, 3.05) is 0 Å². The third-order valence-corrected chi connectivity index (χ3v) is 9.44. The van der Waals surface area contributed by atoms with Crippen LogP contribution in [0.15, 0.2) is 0 Å². The average Bonchev–Trinajstić information content (AvgIpc) is 2.64. The topological polar surface area (TPSA) is 34.1 Å². The third-order valence-electron chi connectivity index (χ3n) is 5.62. The van der Waals surface area contributed by atoms with Crippen LogP contribution in [0.4, 0.5) is 0 Å². The Morgan fingerprint density at radius 2 is 0.593 bits per heavy atom. The minimum atomic E-state index is -3.57. The first-order valence-electron chi connectivity index (χ1n) is 12.3.